The molecule has 0 heterocycles. The second-order valence-electron chi connectivity index (χ2n) is 5.99. The predicted molar refractivity (Wildman–Crippen MR) is 118 cm³/mol. The normalized spacial score (nSPS) is 10.0. The molecule has 0 fully saturated rings. The predicted octanol–water partition coefficient (Wildman–Crippen LogP) is 1.83. The van der Waals surface area contributed by atoms with E-state index in [2.05, 4.69) is 16.2 Å². The van der Waals surface area contributed by atoms with Gasteiger partial charge in [0.25, 0.3) is 11.8 Å². The van der Waals surface area contributed by atoms with Crippen LogP contribution in [0.1, 0.15) is 17.3 Å². The topological polar surface area (TPSA) is 107 Å². The van der Waals surface area contributed by atoms with Crippen LogP contribution in [0.4, 0.5) is 0 Å². The second kappa shape index (κ2) is 13.0. The maximum absolute atomic E-state index is 12.2. The van der Waals surface area contributed by atoms with Gasteiger partial charge in [-0.3, -0.25) is 25.8 Å². The molecule has 0 unspecified atom stereocenters. The van der Waals surface area contributed by atoms with Crippen LogP contribution in [-0.4, -0.2) is 50.5 Å². The highest BCUT2D eigenvalue weighted by Gasteiger charge is 2.09. The number of methoxy groups -OCH3 is 1. The Morgan fingerprint density at radius 1 is 0.871 bits per heavy atom. The summed E-state index contributed by atoms with van der Waals surface area (Å²) in [7, 11) is 1.56. The van der Waals surface area contributed by atoms with E-state index in [9.17, 15) is 9.59 Å². The van der Waals surface area contributed by atoms with Crippen LogP contribution in [0.15, 0.2) is 48.5 Å². The summed E-state index contributed by atoms with van der Waals surface area (Å²) < 4.78 is 21.1. The van der Waals surface area contributed by atoms with Crippen molar-refractivity contribution in [3.05, 3.63) is 54.1 Å². The molecule has 0 spiro atoms. The Hall–Kier alpha value is -3.37. The summed E-state index contributed by atoms with van der Waals surface area (Å²) in [6, 6.07) is 13.4. The zero-order valence-electron chi connectivity index (χ0n) is 17.3. The van der Waals surface area contributed by atoms with Crippen molar-refractivity contribution < 1.29 is 28.5 Å². The van der Waals surface area contributed by atoms with Gasteiger partial charge in [0, 0.05) is 12.2 Å². The molecule has 0 bridgehead atoms. The van der Waals surface area contributed by atoms with Crippen molar-refractivity contribution in [1.82, 2.24) is 16.2 Å². The molecule has 31 heavy (non-hydrogen) atoms. The van der Waals surface area contributed by atoms with Crippen LogP contribution in [0.2, 0.25) is 0 Å². The van der Waals surface area contributed by atoms with Gasteiger partial charge >= 0.3 is 0 Å². The lowest BCUT2D eigenvalue weighted by molar-refractivity contribution is -0.123. The first-order chi connectivity index (χ1) is 15.0. The Balaban J connectivity index is 1.68. The van der Waals surface area contributed by atoms with Gasteiger partial charge in [-0.1, -0.05) is 0 Å². The summed E-state index contributed by atoms with van der Waals surface area (Å²) in [5.74, 6) is 0.921. The van der Waals surface area contributed by atoms with E-state index in [4.69, 9.17) is 31.2 Å². The molecule has 10 heteroatoms. The van der Waals surface area contributed by atoms with Crippen molar-refractivity contribution in [2.75, 3.05) is 33.5 Å². The Bertz CT molecular complexity index is 858. The molecule has 0 aromatic heterocycles. The minimum atomic E-state index is -0.471. The Morgan fingerprint density at radius 2 is 1.48 bits per heavy atom. The van der Waals surface area contributed by atoms with Crippen LogP contribution < -0.4 is 30.4 Å². The summed E-state index contributed by atoms with van der Waals surface area (Å²) in [6.07, 6.45) is 0. The van der Waals surface area contributed by atoms with Gasteiger partial charge in [-0.2, -0.15) is 0 Å². The third-order valence-corrected chi connectivity index (χ3v) is 3.99. The molecule has 0 aliphatic rings. The van der Waals surface area contributed by atoms with Gasteiger partial charge in [0.1, 0.15) is 23.9 Å². The first-order valence-corrected chi connectivity index (χ1v) is 9.90. The lowest BCUT2D eigenvalue weighted by Crippen LogP contribution is -2.49. The average Bonchev–Trinajstić information content (AvgIpc) is 2.80. The van der Waals surface area contributed by atoms with Gasteiger partial charge in [-0.25, -0.2) is 0 Å². The Morgan fingerprint density at radius 3 is 2.13 bits per heavy atom. The molecule has 2 aromatic carbocycles. The molecular weight excluding hydrogens is 422 g/mol. The number of hydrazine groups is 1. The van der Waals surface area contributed by atoms with E-state index < -0.39 is 11.8 Å². The van der Waals surface area contributed by atoms with E-state index in [1.54, 1.807) is 55.6 Å². The van der Waals surface area contributed by atoms with Gasteiger partial charge in [-0.05, 0) is 67.7 Å². The number of ether oxygens (including phenoxy) is 4. The summed E-state index contributed by atoms with van der Waals surface area (Å²) >= 11 is 5.01. The highest BCUT2D eigenvalue weighted by molar-refractivity contribution is 7.80. The molecule has 9 nitrogen and oxygen atoms in total. The minimum Gasteiger partial charge on any atom is -0.497 e. The summed E-state index contributed by atoms with van der Waals surface area (Å²) in [5.41, 5.74) is 5.18. The lowest BCUT2D eigenvalue weighted by atomic mass is 10.2. The van der Waals surface area contributed by atoms with Gasteiger partial charge in [0.05, 0.1) is 13.7 Å². The molecule has 3 N–H and O–H groups in total. The first kappa shape index (κ1) is 23.9. The van der Waals surface area contributed by atoms with Gasteiger partial charge < -0.3 is 18.9 Å². The maximum atomic E-state index is 12.2. The quantitative estimate of drug-likeness (QED) is 0.288. The monoisotopic (exact) mass is 447 g/mol. The number of rotatable bonds is 10. The number of benzene rings is 2. The van der Waals surface area contributed by atoms with E-state index in [1.807, 2.05) is 6.92 Å². The third kappa shape index (κ3) is 8.89. The van der Waals surface area contributed by atoms with Crippen LogP contribution in [0.25, 0.3) is 0 Å². The zero-order chi connectivity index (χ0) is 22.5. The standard InChI is InChI=1S/C21H25N3O6S/c1-3-28-12-13-29-17-6-4-15(5-7-17)20(26)22-21(31)24-23-19(25)14-30-18-10-8-16(27-2)9-11-18/h4-11H,3,12-14H2,1-2H3,(H,23,25)(H2,22,24,26,31). The number of hydrogen-bond acceptors (Lipinski definition) is 7. The fourth-order valence-corrected chi connectivity index (χ4v) is 2.40. The molecule has 166 valence electrons. The van der Waals surface area contributed by atoms with E-state index in [1.165, 1.54) is 0 Å². The lowest BCUT2D eigenvalue weighted by Gasteiger charge is -2.12. The number of hydrogen-bond donors (Lipinski definition) is 3. The van der Waals surface area contributed by atoms with Crippen LogP contribution in [-0.2, 0) is 9.53 Å². The van der Waals surface area contributed by atoms with Crippen molar-refractivity contribution in [2.45, 2.75) is 6.92 Å². The van der Waals surface area contributed by atoms with E-state index in [-0.39, 0.29) is 11.7 Å². The van der Waals surface area contributed by atoms with E-state index in [0.29, 0.717) is 42.6 Å². The molecule has 0 aliphatic carbocycles. The Kier molecular flexibility index (Phi) is 10.1. The van der Waals surface area contributed by atoms with Crippen LogP contribution >= 0.6 is 12.2 Å². The largest absolute Gasteiger partial charge is 0.497 e. The van der Waals surface area contributed by atoms with Crippen molar-refractivity contribution in [3.63, 3.8) is 0 Å². The molecule has 0 saturated carbocycles. The highest BCUT2D eigenvalue weighted by Crippen LogP contribution is 2.16. The minimum absolute atomic E-state index is 0.0557. The van der Waals surface area contributed by atoms with Crippen LogP contribution in [0.5, 0.6) is 17.2 Å². The average molecular weight is 448 g/mol. The first-order valence-electron chi connectivity index (χ1n) is 9.49. The molecular formula is C21H25N3O6S. The molecule has 2 rings (SSSR count). The Labute approximate surface area is 186 Å². The smallest absolute Gasteiger partial charge is 0.276 e. The number of amides is 2. The van der Waals surface area contributed by atoms with Gasteiger partial charge in [0.15, 0.2) is 11.7 Å². The second-order valence-corrected chi connectivity index (χ2v) is 6.40. The molecule has 0 atom stereocenters. The molecule has 2 amide bonds. The number of carbonyl (C=O) groups is 2. The van der Waals surface area contributed by atoms with Crippen molar-refractivity contribution in [2.24, 2.45) is 0 Å². The van der Waals surface area contributed by atoms with E-state index >= 15 is 0 Å². The molecule has 0 aliphatic heterocycles. The molecule has 0 saturated heterocycles. The fourth-order valence-electron chi connectivity index (χ4n) is 2.26. The van der Waals surface area contributed by atoms with Crippen LogP contribution in [0.3, 0.4) is 0 Å². The van der Waals surface area contributed by atoms with Crippen molar-refractivity contribution in [1.29, 1.82) is 0 Å². The van der Waals surface area contributed by atoms with Crippen LogP contribution in [0, 0.1) is 0 Å². The summed E-state index contributed by atoms with van der Waals surface area (Å²) in [6.45, 7) is 3.23. The fraction of sp³-hybridized carbons (Fsp3) is 0.286. The maximum Gasteiger partial charge on any atom is 0.276 e. The molecule has 2 aromatic rings. The number of nitrogens with one attached hydrogen (secondary N) is 3. The van der Waals surface area contributed by atoms with Gasteiger partial charge in [0.2, 0.25) is 0 Å². The van der Waals surface area contributed by atoms with E-state index in [0.717, 1.165) is 0 Å². The van der Waals surface area contributed by atoms with Gasteiger partial charge in [-0.15, -0.1) is 0 Å². The van der Waals surface area contributed by atoms with Crippen molar-refractivity contribution in [3.8, 4) is 17.2 Å². The molecule has 0 radical (unpaired) electrons. The third-order valence-electron chi connectivity index (χ3n) is 3.79. The summed E-state index contributed by atoms with van der Waals surface area (Å²) in [5, 5.41) is 2.41. The SMILES string of the molecule is CCOCCOc1ccc(C(=O)NC(=S)NNC(=O)COc2ccc(OC)cc2)cc1. The summed E-state index contributed by atoms with van der Waals surface area (Å²) in [4.78, 5) is 24.1. The zero-order valence-corrected chi connectivity index (χ0v) is 18.1. The number of carbonyl (C=O) groups excluding carboxylic acids is 2. The van der Waals surface area contributed by atoms with Crippen molar-refractivity contribution >= 4 is 29.1 Å². The number of thiocarbonyl (C=S) groups is 1. The highest BCUT2D eigenvalue weighted by atomic mass is 32.1.